The number of anilines is 1. The van der Waals surface area contributed by atoms with Crippen molar-refractivity contribution in [1.29, 1.82) is 0 Å². The normalized spacial score (nSPS) is 11.4. The summed E-state index contributed by atoms with van der Waals surface area (Å²) in [5.74, 6) is 0.911. The molecule has 0 aliphatic heterocycles. The summed E-state index contributed by atoms with van der Waals surface area (Å²) in [6, 6.07) is 0. The number of nitrogens with zero attached hydrogens (tertiary/aromatic N) is 1. The Kier molecular flexibility index (Phi) is 6.65. The summed E-state index contributed by atoms with van der Waals surface area (Å²) >= 11 is 3.37. The topological polar surface area (TPSA) is 51.2 Å². The van der Waals surface area contributed by atoms with Gasteiger partial charge in [-0.05, 0) is 39.2 Å². The standard InChI is InChI=1S/C13H22N2O2S2/c1-5-17-11(16)13(2,3)10-9-19-12(15-10)14-7-6-8-18-4/h9H,5-8H2,1-4H3,(H,14,15). The van der Waals surface area contributed by atoms with E-state index in [1.54, 1.807) is 0 Å². The molecule has 0 saturated carbocycles. The molecule has 4 nitrogen and oxygen atoms in total. The zero-order chi connectivity index (χ0) is 14.3. The van der Waals surface area contributed by atoms with Crippen molar-refractivity contribution in [2.24, 2.45) is 0 Å². The molecule has 0 aromatic carbocycles. The Balaban J connectivity index is 2.60. The molecule has 1 rings (SSSR count). The van der Waals surface area contributed by atoms with E-state index in [0.717, 1.165) is 29.5 Å². The first-order valence-corrected chi connectivity index (χ1v) is 8.65. The van der Waals surface area contributed by atoms with Crippen LogP contribution in [-0.4, -0.2) is 36.1 Å². The highest BCUT2D eigenvalue weighted by molar-refractivity contribution is 7.98. The van der Waals surface area contributed by atoms with Crippen LogP contribution in [0.1, 0.15) is 32.9 Å². The van der Waals surface area contributed by atoms with E-state index in [0.29, 0.717) is 6.61 Å². The van der Waals surface area contributed by atoms with E-state index >= 15 is 0 Å². The van der Waals surface area contributed by atoms with Gasteiger partial charge in [-0.15, -0.1) is 11.3 Å². The number of carbonyl (C=O) groups excluding carboxylic acids is 1. The van der Waals surface area contributed by atoms with Crippen LogP contribution in [0.4, 0.5) is 5.13 Å². The van der Waals surface area contributed by atoms with Crippen LogP contribution in [0.3, 0.4) is 0 Å². The average molecular weight is 302 g/mol. The van der Waals surface area contributed by atoms with Crippen LogP contribution in [0, 0.1) is 0 Å². The van der Waals surface area contributed by atoms with E-state index in [4.69, 9.17) is 4.74 Å². The van der Waals surface area contributed by atoms with Gasteiger partial charge >= 0.3 is 5.97 Å². The molecule has 1 aromatic rings. The molecule has 1 N–H and O–H groups in total. The van der Waals surface area contributed by atoms with Gasteiger partial charge in [-0.3, -0.25) is 4.79 Å². The number of thiazole rings is 1. The predicted octanol–water partition coefficient (Wildman–Crippen LogP) is 3.15. The minimum absolute atomic E-state index is 0.228. The Labute approximate surface area is 123 Å². The van der Waals surface area contributed by atoms with Crippen molar-refractivity contribution in [3.63, 3.8) is 0 Å². The highest BCUT2D eigenvalue weighted by atomic mass is 32.2. The Morgan fingerprint density at radius 1 is 1.58 bits per heavy atom. The van der Waals surface area contributed by atoms with E-state index in [1.165, 1.54) is 11.3 Å². The van der Waals surface area contributed by atoms with Crippen molar-refractivity contribution in [1.82, 2.24) is 4.98 Å². The highest BCUT2D eigenvalue weighted by Crippen LogP contribution is 2.28. The average Bonchev–Trinajstić information content (AvgIpc) is 2.84. The Bertz CT molecular complexity index is 405. The van der Waals surface area contributed by atoms with Crippen molar-refractivity contribution in [2.45, 2.75) is 32.6 Å². The van der Waals surface area contributed by atoms with Gasteiger partial charge in [0.1, 0.15) is 5.41 Å². The molecule has 6 heteroatoms. The fraction of sp³-hybridized carbons (Fsp3) is 0.692. The minimum atomic E-state index is -0.689. The van der Waals surface area contributed by atoms with E-state index in [9.17, 15) is 4.79 Å². The number of ether oxygens (including phenoxy) is 1. The second-order valence-electron chi connectivity index (χ2n) is 4.66. The molecule has 0 aliphatic carbocycles. The van der Waals surface area contributed by atoms with E-state index in [-0.39, 0.29) is 5.97 Å². The SMILES string of the molecule is CCOC(=O)C(C)(C)c1csc(NCCCSC)n1. The van der Waals surface area contributed by atoms with Crippen LogP contribution in [0.5, 0.6) is 0 Å². The third-order valence-corrected chi connectivity index (χ3v) is 4.23. The van der Waals surface area contributed by atoms with Gasteiger partial charge in [0.15, 0.2) is 5.13 Å². The summed E-state index contributed by atoms with van der Waals surface area (Å²) in [6.07, 6.45) is 3.21. The van der Waals surface area contributed by atoms with Gasteiger partial charge in [-0.25, -0.2) is 4.98 Å². The monoisotopic (exact) mass is 302 g/mol. The molecule has 0 amide bonds. The molecule has 0 fully saturated rings. The van der Waals surface area contributed by atoms with Crippen LogP contribution in [0.25, 0.3) is 0 Å². The molecule has 0 spiro atoms. The van der Waals surface area contributed by atoms with Gasteiger partial charge in [0, 0.05) is 11.9 Å². The number of nitrogens with one attached hydrogen (secondary N) is 1. The molecule has 1 heterocycles. The molecule has 19 heavy (non-hydrogen) atoms. The van der Waals surface area contributed by atoms with Gasteiger partial charge < -0.3 is 10.1 Å². The fourth-order valence-corrected chi connectivity index (χ4v) is 2.81. The number of aromatic nitrogens is 1. The number of rotatable bonds is 8. The molecule has 108 valence electrons. The predicted molar refractivity (Wildman–Crippen MR) is 83.3 cm³/mol. The zero-order valence-electron chi connectivity index (χ0n) is 12.0. The Hall–Kier alpha value is -0.750. The number of carbonyl (C=O) groups is 1. The van der Waals surface area contributed by atoms with Gasteiger partial charge in [-0.1, -0.05) is 0 Å². The van der Waals surface area contributed by atoms with E-state index in [2.05, 4.69) is 16.6 Å². The van der Waals surface area contributed by atoms with E-state index < -0.39 is 5.41 Å². The lowest BCUT2D eigenvalue weighted by Crippen LogP contribution is -2.31. The largest absolute Gasteiger partial charge is 0.465 e. The van der Waals surface area contributed by atoms with Crippen molar-refractivity contribution in [3.8, 4) is 0 Å². The third-order valence-electron chi connectivity index (χ3n) is 2.73. The smallest absolute Gasteiger partial charge is 0.317 e. The molecule has 1 aromatic heterocycles. The lowest BCUT2D eigenvalue weighted by molar-refractivity contribution is -0.148. The van der Waals surface area contributed by atoms with Crippen LogP contribution >= 0.6 is 23.1 Å². The molecule has 0 bridgehead atoms. The number of hydrogen-bond donors (Lipinski definition) is 1. The van der Waals surface area contributed by atoms with Gasteiger partial charge in [-0.2, -0.15) is 11.8 Å². The number of esters is 1. The summed E-state index contributed by atoms with van der Waals surface area (Å²) in [6.45, 7) is 6.81. The maximum absolute atomic E-state index is 11.9. The summed E-state index contributed by atoms with van der Waals surface area (Å²) in [7, 11) is 0. The number of thioether (sulfide) groups is 1. The summed E-state index contributed by atoms with van der Waals surface area (Å²) in [5.41, 5.74) is 0.0782. The van der Waals surface area contributed by atoms with Gasteiger partial charge in [0.2, 0.25) is 0 Å². The fourth-order valence-electron chi connectivity index (χ4n) is 1.47. The van der Waals surface area contributed by atoms with Crippen LogP contribution in [-0.2, 0) is 14.9 Å². The summed E-state index contributed by atoms with van der Waals surface area (Å²) < 4.78 is 5.09. The molecule has 0 radical (unpaired) electrons. The Morgan fingerprint density at radius 3 is 2.95 bits per heavy atom. The maximum Gasteiger partial charge on any atom is 0.317 e. The molecular formula is C13H22N2O2S2. The zero-order valence-corrected chi connectivity index (χ0v) is 13.6. The van der Waals surface area contributed by atoms with Crippen molar-refractivity contribution >= 4 is 34.2 Å². The first-order chi connectivity index (χ1) is 9.02. The van der Waals surface area contributed by atoms with Crippen molar-refractivity contribution < 1.29 is 9.53 Å². The van der Waals surface area contributed by atoms with Crippen LogP contribution in [0.2, 0.25) is 0 Å². The molecule has 0 aliphatic rings. The second-order valence-corrected chi connectivity index (χ2v) is 6.50. The summed E-state index contributed by atoms with van der Waals surface area (Å²) in [4.78, 5) is 16.4. The molecule has 0 saturated heterocycles. The lowest BCUT2D eigenvalue weighted by atomic mass is 9.90. The first-order valence-electron chi connectivity index (χ1n) is 6.38. The maximum atomic E-state index is 11.9. The lowest BCUT2D eigenvalue weighted by Gasteiger charge is -2.19. The highest BCUT2D eigenvalue weighted by Gasteiger charge is 2.33. The molecule has 0 atom stereocenters. The number of hydrogen-bond acceptors (Lipinski definition) is 6. The third kappa shape index (κ3) is 4.69. The van der Waals surface area contributed by atoms with E-state index in [1.807, 2.05) is 37.9 Å². The molecular weight excluding hydrogens is 280 g/mol. The minimum Gasteiger partial charge on any atom is -0.465 e. The van der Waals surface area contributed by atoms with Crippen LogP contribution < -0.4 is 5.32 Å². The van der Waals surface area contributed by atoms with Crippen LogP contribution in [0.15, 0.2) is 5.38 Å². The van der Waals surface area contributed by atoms with Gasteiger partial charge in [0.05, 0.1) is 12.3 Å². The van der Waals surface area contributed by atoms with Gasteiger partial charge in [0.25, 0.3) is 0 Å². The van der Waals surface area contributed by atoms with Crippen molar-refractivity contribution in [2.75, 3.05) is 30.5 Å². The Morgan fingerprint density at radius 2 is 2.32 bits per heavy atom. The summed E-state index contributed by atoms with van der Waals surface area (Å²) in [5, 5.41) is 6.08. The van der Waals surface area contributed by atoms with Crippen molar-refractivity contribution in [3.05, 3.63) is 11.1 Å². The first kappa shape index (κ1) is 16.3. The molecule has 0 unspecified atom stereocenters. The quantitative estimate of drug-likeness (QED) is 0.590. The second kappa shape index (κ2) is 7.75.